The summed E-state index contributed by atoms with van der Waals surface area (Å²) in [6, 6.07) is 42.4. The normalized spacial score (nSPS) is 26.6. The molecule has 0 spiro atoms. The molecule has 0 saturated heterocycles. The van der Waals surface area contributed by atoms with Crippen LogP contribution in [0.4, 0.5) is 22.7 Å². The van der Waals surface area contributed by atoms with E-state index in [2.05, 4.69) is 153 Å². The topological polar surface area (TPSA) is 43.4 Å². The van der Waals surface area contributed by atoms with Gasteiger partial charge in [-0.2, -0.15) is 0 Å². The van der Waals surface area contributed by atoms with Crippen molar-refractivity contribution in [2.45, 2.75) is 101 Å². The van der Waals surface area contributed by atoms with E-state index in [1.165, 1.54) is 97.8 Å². The van der Waals surface area contributed by atoms with E-state index in [9.17, 15) is 0 Å². The summed E-state index contributed by atoms with van der Waals surface area (Å²) < 4.78 is 29.6. The fourth-order valence-corrected chi connectivity index (χ4v) is 16.4. The van der Waals surface area contributed by atoms with Crippen molar-refractivity contribution in [2.75, 3.05) is 9.80 Å². The maximum Gasteiger partial charge on any atom is 0.261 e. The number of anilines is 4. The molecule has 2 aliphatic carbocycles. The first-order valence-electron chi connectivity index (χ1n) is 25.0. The van der Waals surface area contributed by atoms with Crippen LogP contribution in [0.25, 0.3) is 0 Å². The second kappa shape index (κ2) is 11.6. The van der Waals surface area contributed by atoms with Gasteiger partial charge in [0.25, 0.3) is 20.1 Å². The largest absolute Gasteiger partial charge is 0.459 e. The van der Waals surface area contributed by atoms with Crippen LogP contribution in [-0.4, -0.2) is 31.2 Å². The zero-order valence-corrected chi connectivity index (χ0v) is 38.4. The minimum Gasteiger partial charge on any atom is -0.459 e. The predicted molar refractivity (Wildman–Crippen MR) is 272 cm³/mol. The number of hydrogen-bond acceptors (Lipinski definition) is 6. The van der Waals surface area contributed by atoms with Gasteiger partial charge >= 0.3 is 0 Å². The second-order valence-corrected chi connectivity index (χ2v) is 22.3. The Morgan fingerprint density at radius 1 is 0.388 bits per heavy atom. The molecule has 0 amide bonds. The van der Waals surface area contributed by atoms with Gasteiger partial charge in [-0.05, 0) is 113 Å². The van der Waals surface area contributed by atoms with E-state index in [4.69, 9.17) is 18.9 Å². The van der Waals surface area contributed by atoms with Gasteiger partial charge in [0, 0.05) is 56.6 Å². The summed E-state index contributed by atoms with van der Waals surface area (Å²) in [7, 11) is 0. The average Bonchev–Trinajstić information content (AvgIpc) is 3.70. The van der Waals surface area contributed by atoms with Crippen LogP contribution in [0.1, 0.15) is 90.2 Å². The van der Waals surface area contributed by atoms with Gasteiger partial charge in [-0.3, -0.25) is 0 Å². The molecule has 17 rings (SSSR count). The minimum absolute atomic E-state index is 0.0442. The highest BCUT2D eigenvalue weighted by Gasteiger charge is 2.68. The van der Waals surface area contributed by atoms with Gasteiger partial charge in [0.05, 0.1) is 11.1 Å². The van der Waals surface area contributed by atoms with Gasteiger partial charge in [-0.25, -0.2) is 0 Å². The van der Waals surface area contributed by atoms with E-state index in [0.717, 1.165) is 82.6 Å². The van der Waals surface area contributed by atoms with E-state index in [-0.39, 0.29) is 42.0 Å². The van der Waals surface area contributed by atoms with Gasteiger partial charge in [-0.15, -0.1) is 0 Å². The Kier molecular flexibility index (Phi) is 6.35. The van der Waals surface area contributed by atoms with Gasteiger partial charge in [-0.1, -0.05) is 118 Å². The zero-order valence-electron chi connectivity index (χ0n) is 38.4. The van der Waals surface area contributed by atoms with Crippen LogP contribution in [-0.2, 0) is 10.8 Å². The summed E-state index contributed by atoms with van der Waals surface area (Å²) in [5.41, 5.74) is 18.7. The fourth-order valence-electron chi connectivity index (χ4n) is 16.4. The molecule has 0 radical (unpaired) electrons. The SMILES string of the molecule is CC12CCCCC1(C)N1c3cc4c5c(c3B3c6c(cc7c8c6Oc6ccccc6B8c6ccccc6O7)N6c7c(cc2c1c73)C1(C)CCCCC61C)Oc1ccccc1B5c1ccccc1O4. The standard InChI is InChI=1S/C58H47B3N2O4/c1-55-25-13-15-27-57(55,3)62-38-30-44-48-53(66-42-23-11-7-19-36(42)59(48)34-17-5-9-21-40(34)64-44)46(38)61-47-39(63-52-33(29-32(55)51(62)50(52)61)56(2)26-14-16-28-58(56,63)4)31-45-49-54(47)67-43-24-12-8-20-37(43)60(49)35-18-6-10-22-41(35)65-45/h5-12,17-24,29-31H,13-16,25-28H2,1-4H3. The van der Waals surface area contributed by atoms with Crippen LogP contribution in [0.2, 0.25) is 0 Å². The molecule has 67 heavy (non-hydrogen) atoms. The molecule has 7 aromatic carbocycles. The Labute approximate surface area is 392 Å². The van der Waals surface area contributed by atoms with Crippen molar-refractivity contribution in [1.29, 1.82) is 0 Å². The molecule has 6 nitrogen and oxygen atoms in total. The molecule has 10 aliphatic rings. The Bertz CT molecular complexity index is 3290. The third-order valence-corrected chi connectivity index (χ3v) is 19.8. The summed E-state index contributed by atoms with van der Waals surface area (Å²) in [4.78, 5) is 5.70. The van der Waals surface area contributed by atoms with Crippen LogP contribution in [0.15, 0.2) is 115 Å². The smallest absolute Gasteiger partial charge is 0.261 e. The quantitative estimate of drug-likeness (QED) is 0.145. The second-order valence-electron chi connectivity index (χ2n) is 22.3. The lowest BCUT2D eigenvalue weighted by Crippen LogP contribution is -2.69. The van der Waals surface area contributed by atoms with Crippen molar-refractivity contribution >= 4 is 92.1 Å². The van der Waals surface area contributed by atoms with Crippen molar-refractivity contribution in [2.24, 2.45) is 0 Å². The first-order valence-corrected chi connectivity index (χ1v) is 25.0. The average molecular weight is 868 g/mol. The van der Waals surface area contributed by atoms with Crippen molar-refractivity contribution in [1.82, 2.24) is 0 Å². The Morgan fingerprint density at radius 3 is 1.18 bits per heavy atom. The maximum absolute atomic E-state index is 7.61. The summed E-state index contributed by atoms with van der Waals surface area (Å²) in [6.07, 6.45) is 9.41. The molecule has 0 N–H and O–H groups in total. The third kappa shape index (κ3) is 3.87. The van der Waals surface area contributed by atoms with Crippen LogP contribution in [0, 0.1) is 0 Å². The predicted octanol–water partition coefficient (Wildman–Crippen LogP) is 7.77. The van der Waals surface area contributed by atoms with E-state index in [1.807, 2.05) is 0 Å². The number of ether oxygens (including phenoxy) is 4. The summed E-state index contributed by atoms with van der Waals surface area (Å²) in [5.74, 6) is 7.37. The van der Waals surface area contributed by atoms with E-state index in [0.29, 0.717) is 0 Å². The minimum atomic E-state index is -0.201. The first-order chi connectivity index (χ1) is 32.7. The van der Waals surface area contributed by atoms with Gasteiger partial charge in [0.1, 0.15) is 46.0 Å². The molecule has 8 heterocycles. The van der Waals surface area contributed by atoms with Crippen molar-refractivity contribution < 1.29 is 18.9 Å². The molecule has 4 atom stereocenters. The molecule has 322 valence electrons. The molecular formula is C58H47B3N2O4. The Balaban J connectivity index is 1.06. The highest BCUT2D eigenvalue weighted by molar-refractivity contribution is 7.05. The monoisotopic (exact) mass is 868 g/mol. The molecule has 8 aliphatic heterocycles. The summed E-state index contributed by atoms with van der Waals surface area (Å²) in [5, 5.41) is 0. The van der Waals surface area contributed by atoms with Gasteiger partial charge in [0.2, 0.25) is 0 Å². The molecule has 2 saturated carbocycles. The number of benzene rings is 7. The van der Waals surface area contributed by atoms with Crippen LogP contribution in [0.5, 0.6) is 46.0 Å². The summed E-state index contributed by atoms with van der Waals surface area (Å²) in [6.45, 7) is 10.1. The van der Waals surface area contributed by atoms with Crippen LogP contribution < -0.4 is 77.9 Å². The van der Waals surface area contributed by atoms with Crippen molar-refractivity contribution in [3.05, 3.63) is 126 Å². The molecule has 2 fully saturated rings. The maximum atomic E-state index is 7.61. The summed E-state index contributed by atoms with van der Waals surface area (Å²) >= 11 is 0. The molecule has 7 aromatic rings. The number of rotatable bonds is 0. The molecular weight excluding hydrogens is 821 g/mol. The van der Waals surface area contributed by atoms with Crippen LogP contribution >= 0.6 is 0 Å². The zero-order chi connectivity index (χ0) is 44.1. The number of hydrogen-bond donors (Lipinski definition) is 0. The van der Waals surface area contributed by atoms with Crippen LogP contribution in [0.3, 0.4) is 0 Å². The Morgan fingerprint density at radius 2 is 0.761 bits per heavy atom. The molecule has 9 heteroatoms. The lowest BCUT2D eigenvalue weighted by Gasteiger charge is -2.54. The number of nitrogens with zero attached hydrogens (tertiary/aromatic N) is 2. The van der Waals surface area contributed by atoms with E-state index in [1.54, 1.807) is 0 Å². The van der Waals surface area contributed by atoms with E-state index < -0.39 is 0 Å². The van der Waals surface area contributed by atoms with Crippen molar-refractivity contribution in [3.8, 4) is 46.0 Å². The number of para-hydroxylation sites is 4. The first kappa shape index (κ1) is 36.6. The van der Waals surface area contributed by atoms with E-state index >= 15 is 0 Å². The Hall–Kier alpha value is -6.47. The van der Waals surface area contributed by atoms with Crippen molar-refractivity contribution in [3.63, 3.8) is 0 Å². The fraction of sp³-hybridized carbons (Fsp3) is 0.276. The lowest BCUT2D eigenvalue weighted by molar-refractivity contribution is 0.189. The third-order valence-electron chi connectivity index (χ3n) is 19.8. The molecule has 0 bridgehead atoms. The molecule has 0 aromatic heterocycles. The highest BCUT2D eigenvalue weighted by Crippen LogP contribution is 2.68. The molecule has 4 unspecified atom stereocenters. The number of fused-ring (bicyclic) bond motifs is 22. The highest BCUT2D eigenvalue weighted by atomic mass is 16.5. The lowest BCUT2D eigenvalue weighted by atomic mass is 9.28. The van der Waals surface area contributed by atoms with Gasteiger partial charge in [0.15, 0.2) is 0 Å². The van der Waals surface area contributed by atoms with Gasteiger partial charge < -0.3 is 28.7 Å².